The highest BCUT2D eigenvalue weighted by atomic mass is 35.5. The summed E-state index contributed by atoms with van der Waals surface area (Å²) in [4.78, 5) is 30.1. The lowest BCUT2D eigenvalue weighted by atomic mass is 10.0. The van der Waals surface area contributed by atoms with E-state index < -0.39 is 28.5 Å². The summed E-state index contributed by atoms with van der Waals surface area (Å²) < 4.78 is 29.4. The standard InChI is InChI=1S/C36H40ClN3O4S/c1-5-27(3)38-36(42)34(23-29-15-8-6-9-16-29)39(24-30-17-12-14-26(2)22-30)35(41)25-40(33-21-13-20-32(37)28(33)4)45(43,44)31-18-10-7-11-19-31/h6-22,27,34H,5,23-25H2,1-4H3,(H,38,42)/t27-,34-/m1/s1. The molecule has 4 aromatic rings. The number of rotatable bonds is 13. The van der Waals surface area contributed by atoms with Gasteiger partial charge in [0.1, 0.15) is 12.6 Å². The van der Waals surface area contributed by atoms with Gasteiger partial charge in [0.2, 0.25) is 11.8 Å². The third-order valence-electron chi connectivity index (χ3n) is 7.83. The fourth-order valence-corrected chi connectivity index (χ4v) is 6.76. The maximum absolute atomic E-state index is 14.6. The van der Waals surface area contributed by atoms with Crippen LogP contribution in [0.1, 0.15) is 42.5 Å². The van der Waals surface area contributed by atoms with Crippen LogP contribution in [-0.2, 0) is 32.6 Å². The van der Waals surface area contributed by atoms with E-state index in [4.69, 9.17) is 11.6 Å². The topological polar surface area (TPSA) is 86.8 Å². The quantitative estimate of drug-likeness (QED) is 0.175. The first-order valence-corrected chi connectivity index (χ1v) is 16.8. The second-order valence-electron chi connectivity index (χ2n) is 11.2. The minimum Gasteiger partial charge on any atom is -0.352 e. The van der Waals surface area contributed by atoms with Gasteiger partial charge in [0.25, 0.3) is 10.0 Å². The molecule has 4 rings (SSSR count). The molecule has 2 atom stereocenters. The average Bonchev–Trinajstić information content (AvgIpc) is 3.03. The summed E-state index contributed by atoms with van der Waals surface area (Å²) in [7, 11) is -4.20. The maximum Gasteiger partial charge on any atom is 0.264 e. The molecular weight excluding hydrogens is 606 g/mol. The van der Waals surface area contributed by atoms with E-state index in [-0.39, 0.29) is 29.8 Å². The molecule has 0 aliphatic rings. The number of anilines is 1. The molecule has 0 aliphatic heterocycles. The van der Waals surface area contributed by atoms with Gasteiger partial charge in [-0.25, -0.2) is 8.42 Å². The van der Waals surface area contributed by atoms with Crippen molar-refractivity contribution in [3.8, 4) is 0 Å². The molecule has 0 aliphatic carbocycles. The van der Waals surface area contributed by atoms with Gasteiger partial charge in [-0.3, -0.25) is 13.9 Å². The van der Waals surface area contributed by atoms with E-state index in [0.29, 0.717) is 22.7 Å². The molecule has 0 bridgehead atoms. The molecule has 2 amide bonds. The Morgan fingerprint density at radius 3 is 2.11 bits per heavy atom. The smallest absolute Gasteiger partial charge is 0.264 e. The third kappa shape index (κ3) is 8.53. The van der Waals surface area contributed by atoms with E-state index in [2.05, 4.69) is 5.32 Å². The molecule has 0 saturated carbocycles. The van der Waals surface area contributed by atoms with Gasteiger partial charge < -0.3 is 10.2 Å². The first-order valence-electron chi connectivity index (χ1n) is 15.0. The van der Waals surface area contributed by atoms with Crippen molar-refractivity contribution in [2.45, 2.75) is 64.1 Å². The number of benzene rings is 4. The summed E-state index contributed by atoms with van der Waals surface area (Å²) in [6, 6.07) is 29.2. The Morgan fingerprint density at radius 2 is 1.47 bits per heavy atom. The maximum atomic E-state index is 14.6. The van der Waals surface area contributed by atoms with E-state index in [1.807, 2.05) is 75.4 Å². The van der Waals surface area contributed by atoms with Gasteiger partial charge in [0.15, 0.2) is 0 Å². The summed E-state index contributed by atoms with van der Waals surface area (Å²) in [5.41, 5.74) is 3.52. The number of sulfonamides is 1. The third-order valence-corrected chi connectivity index (χ3v) is 10.0. The van der Waals surface area contributed by atoms with E-state index in [1.54, 1.807) is 43.3 Å². The monoisotopic (exact) mass is 645 g/mol. The second kappa shape index (κ2) is 15.2. The lowest BCUT2D eigenvalue weighted by Crippen LogP contribution is -2.54. The first-order chi connectivity index (χ1) is 21.5. The normalized spacial score (nSPS) is 12.6. The van der Waals surface area contributed by atoms with E-state index in [1.165, 1.54) is 17.0 Å². The van der Waals surface area contributed by atoms with Crippen LogP contribution in [0.3, 0.4) is 0 Å². The highest BCUT2D eigenvalue weighted by Gasteiger charge is 2.35. The van der Waals surface area contributed by atoms with Gasteiger partial charge in [0, 0.05) is 24.0 Å². The Balaban J connectivity index is 1.83. The van der Waals surface area contributed by atoms with Crippen LogP contribution >= 0.6 is 11.6 Å². The van der Waals surface area contributed by atoms with Crippen LogP contribution in [0.25, 0.3) is 0 Å². The number of nitrogens with one attached hydrogen (secondary N) is 1. The number of halogens is 1. The van der Waals surface area contributed by atoms with Crippen LogP contribution in [-0.4, -0.2) is 43.8 Å². The van der Waals surface area contributed by atoms with E-state index >= 15 is 0 Å². The number of amides is 2. The number of hydrogen-bond donors (Lipinski definition) is 1. The predicted octanol–water partition coefficient (Wildman–Crippen LogP) is 6.71. The molecule has 0 fully saturated rings. The van der Waals surface area contributed by atoms with Crippen molar-refractivity contribution in [1.29, 1.82) is 0 Å². The van der Waals surface area contributed by atoms with E-state index in [9.17, 15) is 18.0 Å². The molecule has 0 heterocycles. The van der Waals surface area contributed by atoms with Crippen molar-refractivity contribution in [3.05, 3.63) is 130 Å². The average molecular weight is 646 g/mol. The lowest BCUT2D eigenvalue weighted by molar-refractivity contribution is -0.140. The Labute approximate surface area is 271 Å². The van der Waals surface area contributed by atoms with Gasteiger partial charge >= 0.3 is 0 Å². The molecular formula is C36H40ClN3O4S. The molecule has 0 spiro atoms. The van der Waals surface area contributed by atoms with Crippen molar-refractivity contribution in [3.63, 3.8) is 0 Å². The number of carbonyl (C=O) groups excluding carboxylic acids is 2. The molecule has 4 aromatic carbocycles. The molecule has 1 N–H and O–H groups in total. The highest BCUT2D eigenvalue weighted by Crippen LogP contribution is 2.31. The minimum absolute atomic E-state index is 0.0396. The minimum atomic E-state index is -4.20. The SMILES string of the molecule is CC[C@@H](C)NC(=O)[C@@H](Cc1ccccc1)N(Cc1cccc(C)c1)C(=O)CN(c1cccc(Cl)c1C)S(=O)(=O)c1ccccc1. The van der Waals surface area contributed by atoms with Gasteiger partial charge in [-0.15, -0.1) is 0 Å². The van der Waals surface area contributed by atoms with Crippen LogP contribution < -0.4 is 9.62 Å². The van der Waals surface area contributed by atoms with Gasteiger partial charge in [-0.05, 0) is 68.1 Å². The summed E-state index contributed by atoms with van der Waals surface area (Å²) >= 11 is 6.45. The molecule has 45 heavy (non-hydrogen) atoms. The van der Waals surface area contributed by atoms with Crippen LogP contribution in [0.4, 0.5) is 5.69 Å². The molecule has 7 nitrogen and oxygen atoms in total. The molecule has 236 valence electrons. The number of carbonyl (C=O) groups is 2. The molecule has 0 unspecified atom stereocenters. The molecule has 0 radical (unpaired) electrons. The first kappa shape index (κ1) is 33.7. The summed E-state index contributed by atoms with van der Waals surface area (Å²) in [6.07, 6.45) is 0.967. The second-order valence-corrected chi connectivity index (χ2v) is 13.5. The van der Waals surface area contributed by atoms with Crippen molar-refractivity contribution < 1.29 is 18.0 Å². The zero-order valence-electron chi connectivity index (χ0n) is 26.1. The molecule has 9 heteroatoms. The summed E-state index contributed by atoms with van der Waals surface area (Å²) in [5, 5.41) is 3.43. The highest BCUT2D eigenvalue weighted by molar-refractivity contribution is 7.92. The van der Waals surface area contributed by atoms with E-state index in [0.717, 1.165) is 21.0 Å². The fourth-order valence-electron chi connectivity index (χ4n) is 5.10. The van der Waals surface area contributed by atoms with Gasteiger partial charge in [0.05, 0.1) is 10.6 Å². The van der Waals surface area contributed by atoms with Crippen molar-refractivity contribution in [1.82, 2.24) is 10.2 Å². The van der Waals surface area contributed by atoms with Crippen LogP contribution in [0.5, 0.6) is 0 Å². The van der Waals surface area contributed by atoms with Crippen LogP contribution in [0, 0.1) is 13.8 Å². The zero-order chi connectivity index (χ0) is 32.6. The molecule has 0 saturated heterocycles. The van der Waals surface area contributed by atoms with Gasteiger partial charge in [-0.1, -0.05) is 103 Å². The summed E-state index contributed by atoms with van der Waals surface area (Å²) in [6.45, 7) is 7.15. The number of aryl methyl sites for hydroxylation is 1. The predicted molar refractivity (Wildman–Crippen MR) is 181 cm³/mol. The number of nitrogens with zero attached hydrogens (tertiary/aromatic N) is 2. The Hall–Kier alpha value is -4.14. The van der Waals surface area contributed by atoms with Gasteiger partial charge in [-0.2, -0.15) is 0 Å². The summed E-state index contributed by atoms with van der Waals surface area (Å²) in [5.74, 6) is -0.818. The van der Waals surface area contributed by atoms with Crippen molar-refractivity contribution >= 4 is 39.1 Å². The fraction of sp³-hybridized carbons (Fsp3) is 0.278. The lowest BCUT2D eigenvalue weighted by Gasteiger charge is -2.34. The van der Waals surface area contributed by atoms with Crippen LogP contribution in [0.15, 0.2) is 108 Å². The Morgan fingerprint density at radius 1 is 0.844 bits per heavy atom. The van der Waals surface area contributed by atoms with Crippen molar-refractivity contribution in [2.24, 2.45) is 0 Å². The molecule has 0 aromatic heterocycles. The van der Waals surface area contributed by atoms with Crippen LogP contribution in [0.2, 0.25) is 5.02 Å². The largest absolute Gasteiger partial charge is 0.352 e. The van der Waals surface area contributed by atoms with Crippen molar-refractivity contribution in [2.75, 3.05) is 10.8 Å². The zero-order valence-corrected chi connectivity index (χ0v) is 27.7. The Bertz CT molecular complexity index is 1720. The Kier molecular flexibility index (Phi) is 11.4. The number of hydrogen-bond acceptors (Lipinski definition) is 4.